The Kier molecular flexibility index (Phi) is 3.00. The van der Waals surface area contributed by atoms with Crippen molar-refractivity contribution in [3.63, 3.8) is 0 Å². The van der Waals surface area contributed by atoms with E-state index in [9.17, 15) is 0 Å². The van der Waals surface area contributed by atoms with Crippen molar-refractivity contribution in [2.75, 3.05) is 0 Å². The van der Waals surface area contributed by atoms with Gasteiger partial charge in [-0.3, -0.25) is 0 Å². The van der Waals surface area contributed by atoms with Gasteiger partial charge in [0.1, 0.15) is 0 Å². The van der Waals surface area contributed by atoms with Crippen LogP contribution in [0.3, 0.4) is 0 Å². The van der Waals surface area contributed by atoms with Crippen LogP contribution in [0.25, 0.3) is 16.3 Å². The summed E-state index contributed by atoms with van der Waals surface area (Å²) in [5, 5.41) is 2.59. The third-order valence-corrected chi connectivity index (χ3v) is 2.54. The fourth-order valence-electron chi connectivity index (χ4n) is 1.85. The summed E-state index contributed by atoms with van der Waals surface area (Å²) in [5.41, 5.74) is 1.26. The number of pyridine rings is 2. The van der Waals surface area contributed by atoms with Crippen molar-refractivity contribution in [2.45, 2.75) is 0 Å². The summed E-state index contributed by atoms with van der Waals surface area (Å²) in [6.07, 6.45) is 4.17. The number of aromatic nitrogens is 1. The van der Waals surface area contributed by atoms with E-state index >= 15 is 0 Å². The number of fused-ring (bicyclic) bond motifs is 3. The van der Waals surface area contributed by atoms with Gasteiger partial charge in [0.05, 0.1) is 5.39 Å². The maximum Gasteiger partial charge on any atom is 0.218 e. The molecule has 1 aromatic carbocycles. The molecule has 2 heteroatoms. The fourth-order valence-corrected chi connectivity index (χ4v) is 1.85. The molecule has 3 rings (SSSR count). The maximum absolute atomic E-state index is 2.16. The molecular weight excluding hydrogens is 377 g/mol. The van der Waals surface area contributed by atoms with Crippen molar-refractivity contribution in [1.82, 2.24) is 0 Å². The molecule has 2 radical (unpaired) electrons. The summed E-state index contributed by atoms with van der Waals surface area (Å²) in [7, 11) is 0. The first-order chi connectivity index (χ1) is 6.95. The van der Waals surface area contributed by atoms with E-state index in [0.29, 0.717) is 0 Å². The van der Waals surface area contributed by atoms with Gasteiger partial charge in [0.2, 0.25) is 5.52 Å². The molecule has 0 spiro atoms. The Labute approximate surface area is 109 Å². The summed E-state index contributed by atoms with van der Waals surface area (Å²) >= 11 is 0. The molecule has 0 N–H and O–H groups in total. The van der Waals surface area contributed by atoms with Crippen LogP contribution < -0.4 is 4.40 Å². The van der Waals surface area contributed by atoms with E-state index in [2.05, 4.69) is 59.3 Å². The standard InChI is InChI=1S/C13H10N.Pb.2H/c1-2-6-12-11(5-1)8-10-14-9-4-3-7-13(12)14;;;/h1-10H;;;/q+1;;;. The molecule has 2 aromatic heterocycles. The Morgan fingerprint density at radius 2 is 1.53 bits per heavy atom. The molecule has 0 aliphatic rings. The van der Waals surface area contributed by atoms with Gasteiger partial charge in [-0.05, 0) is 17.5 Å². The van der Waals surface area contributed by atoms with Gasteiger partial charge in [0, 0.05) is 18.2 Å². The zero-order chi connectivity index (χ0) is 9.38. The minimum Gasteiger partial charge on any atom is -0.167 e. The van der Waals surface area contributed by atoms with Crippen LogP contribution in [0, 0.1) is 0 Å². The van der Waals surface area contributed by atoms with E-state index < -0.39 is 0 Å². The molecule has 15 heavy (non-hydrogen) atoms. The van der Waals surface area contributed by atoms with Crippen LogP contribution >= 0.6 is 0 Å². The van der Waals surface area contributed by atoms with Gasteiger partial charge >= 0.3 is 27.3 Å². The van der Waals surface area contributed by atoms with Crippen LogP contribution in [0.15, 0.2) is 60.9 Å². The molecule has 0 amide bonds. The van der Waals surface area contributed by atoms with Gasteiger partial charge in [-0.25, -0.2) is 0 Å². The average Bonchev–Trinajstić information content (AvgIpc) is 2.29. The first-order valence-electron chi connectivity index (χ1n) is 4.73. The minimum absolute atomic E-state index is 0. The Hall–Kier alpha value is -0.968. The quantitative estimate of drug-likeness (QED) is 0.313. The van der Waals surface area contributed by atoms with Crippen LogP contribution in [0.2, 0.25) is 0 Å². The average molecular weight is 389 g/mol. The van der Waals surface area contributed by atoms with Crippen molar-refractivity contribution < 1.29 is 4.40 Å². The minimum atomic E-state index is 0. The normalized spacial score (nSPS) is 10.1. The largest absolute Gasteiger partial charge is 0.218 e. The van der Waals surface area contributed by atoms with E-state index in [1.54, 1.807) is 0 Å². The van der Waals surface area contributed by atoms with E-state index in [0.717, 1.165) is 0 Å². The van der Waals surface area contributed by atoms with Gasteiger partial charge in [-0.2, -0.15) is 4.40 Å². The smallest absolute Gasteiger partial charge is 0.167 e. The van der Waals surface area contributed by atoms with Crippen LogP contribution in [-0.2, 0) is 0 Å². The molecule has 0 unspecified atom stereocenters. The molecule has 72 valence electrons. The van der Waals surface area contributed by atoms with Crippen molar-refractivity contribution in [2.24, 2.45) is 0 Å². The summed E-state index contributed by atoms with van der Waals surface area (Å²) in [4.78, 5) is 0. The van der Waals surface area contributed by atoms with E-state index in [1.807, 2.05) is 6.07 Å². The molecule has 0 bridgehead atoms. The summed E-state index contributed by atoms with van der Waals surface area (Å²) in [6.45, 7) is 0. The van der Waals surface area contributed by atoms with Crippen molar-refractivity contribution >= 4 is 43.6 Å². The van der Waals surface area contributed by atoms with Crippen LogP contribution in [0.1, 0.15) is 0 Å². The van der Waals surface area contributed by atoms with Gasteiger partial charge in [0.15, 0.2) is 12.4 Å². The molecule has 2 heterocycles. The summed E-state index contributed by atoms with van der Waals surface area (Å²) in [6, 6.07) is 16.8. The SMILES string of the molecule is [PbH2].c1ccc2c(c1)cc[n+]1ccccc21. The Bertz CT molecular complexity index is 550. The van der Waals surface area contributed by atoms with E-state index in [1.165, 1.54) is 16.3 Å². The Morgan fingerprint density at radius 1 is 0.733 bits per heavy atom. The Morgan fingerprint density at radius 3 is 2.47 bits per heavy atom. The molecule has 0 aliphatic carbocycles. The zero-order valence-corrected chi connectivity index (χ0v) is 13.9. The van der Waals surface area contributed by atoms with E-state index in [-0.39, 0.29) is 27.3 Å². The molecule has 3 aromatic rings. The van der Waals surface area contributed by atoms with Crippen LogP contribution in [-0.4, -0.2) is 27.3 Å². The molecular formula is C13H12NPb+. The third-order valence-electron chi connectivity index (χ3n) is 2.54. The number of nitrogens with zero attached hydrogens (tertiary/aromatic N) is 1. The second-order valence-electron chi connectivity index (χ2n) is 3.40. The monoisotopic (exact) mass is 390 g/mol. The van der Waals surface area contributed by atoms with Crippen molar-refractivity contribution in [3.05, 3.63) is 60.9 Å². The fraction of sp³-hybridized carbons (Fsp3) is 0. The molecule has 0 saturated heterocycles. The second kappa shape index (κ2) is 4.27. The second-order valence-corrected chi connectivity index (χ2v) is 3.40. The molecule has 1 nitrogen and oxygen atoms in total. The first kappa shape index (κ1) is 10.5. The number of rotatable bonds is 0. The summed E-state index contributed by atoms with van der Waals surface area (Å²) < 4.78 is 2.14. The van der Waals surface area contributed by atoms with Crippen LogP contribution in [0.5, 0.6) is 0 Å². The molecule has 0 fully saturated rings. The topological polar surface area (TPSA) is 4.10 Å². The van der Waals surface area contributed by atoms with Gasteiger partial charge in [0.25, 0.3) is 0 Å². The maximum atomic E-state index is 2.16. The predicted molar refractivity (Wildman–Crippen MR) is 65.7 cm³/mol. The molecule has 0 atom stereocenters. The molecule has 0 aliphatic heterocycles. The number of benzene rings is 1. The van der Waals surface area contributed by atoms with Crippen molar-refractivity contribution in [3.8, 4) is 0 Å². The third kappa shape index (κ3) is 1.76. The van der Waals surface area contributed by atoms with Gasteiger partial charge in [-0.15, -0.1) is 0 Å². The van der Waals surface area contributed by atoms with Gasteiger partial charge < -0.3 is 0 Å². The summed E-state index contributed by atoms with van der Waals surface area (Å²) in [5.74, 6) is 0. The predicted octanol–water partition coefficient (Wildman–Crippen LogP) is 1.66. The van der Waals surface area contributed by atoms with Crippen LogP contribution in [0.4, 0.5) is 0 Å². The number of hydrogen-bond donors (Lipinski definition) is 0. The first-order valence-corrected chi connectivity index (χ1v) is 4.73. The van der Waals surface area contributed by atoms with E-state index in [4.69, 9.17) is 0 Å². The number of hydrogen-bond acceptors (Lipinski definition) is 0. The molecule has 0 saturated carbocycles. The van der Waals surface area contributed by atoms with Crippen molar-refractivity contribution in [1.29, 1.82) is 0 Å². The zero-order valence-electron chi connectivity index (χ0n) is 8.43. The van der Waals surface area contributed by atoms with Gasteiger partial charge in [-0.1, -0.05) is 18.2 Å². The Balaban J connectivity index is 0.000000853.